The van der Waals surface area contributed by atoms with Crippen LogP contribution in [0.4, 0.5) is 0 Å². The maximum atomic E-state index is 13.7. The number of carbonyl (C=O) groups is 2. The van der Waals surface area contributed by atoms with Crippen LogP contribution in [0.15, 0.2) is 24.3 Å². The molecular formula is C28H43N3O5S. The van der Waals surface area contributed by atoms with Gasteiger partial charge in [0.2, 0.25) is 21.8 Å². The van der Waals surface area contributed by atoms with Gasteiger partial charge in [0.15, 0.2) is 0 Å². The van der Waals surface area contributed by atoms with Gasteiger partial charge >= 0.3 is 0 Å². The molecule has 9 heteroatoms. The number of hydrogen-bond donors (Lipinski definition) is 0. The molecule has 2 fully saturated rings. The van der Waals surface area contributed by atoms with Crippen molar-refractivity contribution in [2.45, 2.75) is 64.2 Å². The van der Waals surface area contributed by atoms with E-state index in [4.69, 9.17) is 4.74 Å². The lowest BCUT2D eigenvalue weighted by molar-refractivity contribution is -0.148. The van der Waals surface area contributed by atoms with Crippen LogP contribution in [0.25, 0.3) is 0 Å². The second-order valence-corrected chi connectivity index (χ2v) is 13.2. The van der Waals surface area contributed by atoms with E-state index in [9.17, 15) is 18.0 Å². The van der Waals surface area contributed by atoms with Crippen LogP contribution in [0.2, 0.25) is 0 Å². The van der Waals surface area contributed by atoms with Gasteiger partial charge in [0.1, 0.15) is 12.4 Å². The van der Waals surface area contributed by atoms with Crippen molar-refractivity contribution in [3.63, 3.8) is 0 Å². The zero-order chi connectivity index (χ0) is 26.5. The van der Waals surface area contributed by atoms with Crippen molar-refractivity contribution in [2.24, 2.45) is 11.3 Å². The maximum Gasteiger partial charge on any atom is 0.228 e. The fourth-order valence-corrected chi connectivity index (χ4v) is 7.06. The summed E-state index contributed by atoms with van der Waals surface area (Å²) in [5, 5.41) is 0. The largest absolute Gasteiger partial charge is 0.491 e. The van der Waals surface area contributed by atoms with Gasteiger partial charge in [-0.15, -0.1) is 0 Å². The molecule has 0 atom stereocenters. The normalized spacial score (nSPS) is 22.9. The highest BCUT2D eigenvalue weighted by atomic mass is 32.2. The van der Waals surface area contributed by atoms with Crippen molar-refractivity contribution in [2.75, 3.05) is 52.6 Å². The van der Waals surface area contributed by atoms with Gasteiger partial charge in [-0.2, -0.15) is 0 Å². The molecule has 0 unspecified atom stereocenters. The molecule has 37 heavy (non-hydrogen) atoms. The number of likely N-dealkylation sites (N-methyl/N-ethyl adjacent to an activating group) is 1. The molecule has 206 valence electrons. The number of rotatable bonds is 3. The lowest BCUT2D eigenvalue weighted by Gasteiger charge is -2.43. The van der Waals surface area contributed by atoms with E-state index in [1.807, 2.05) is 29.0 Å². The summed E-state index contributed by atoms with van der Waals surface area (Å²) in [4.78, 5) is 30.5. The number of likely N-dealkylation sites (tertiary alicyclic amines) is 1. The lowest BCUT2D eigenvalue weighted by atomic mass is 9.73. The Hall–Kier alpha value is -2.13. The average molecular weight is 534 g/mol. The molecule has 3 heterocycles. The predicted molar refractivity (Wildman–Crippen MR) is 144 cm³/mol. The fraction of sp³-hybridized carbons (Fsp3) is 0.714. The number of fused-ring (bicyclic) bond motifs is 1. The number of para-hydroxylation sites is 1. The summed E-state index contributed by atoms with van der Waals surface area (Å²) in [5.74, 6) is 1.47. The minimum absolute atomic E-state index is 0.143. The van der Waals surface area contributed by atoms with Crippen molar-refractivity contribution in [3.05, 3.63) is 29.8 Å². The Kier molecular flexibility index (Phi) is 9.16. The zero-order valence-corrected chi connectivity index (χ0v) is 23.3. The molecule has 0 aliphatic carbocycles. The molecule has 0 saturated carbocycles. The molecule has 3 aliphatic rings. The average Bonchev–Trinajstić information content (AvgIpc) is 2.89. The van der Waals surface area contributed by atoms with Crippen LogP contribution in [-0.4, -0.2) is 87.0 Å². The van der Waals surface area contributed by atoms with E-state index in [1.165, 1.54) is 16.1 Å². The van der Waals surface area contributed by atoms with E-state index in [1.54, 1.807) is 0 Å². The minimum atomic E-state index is -3.16. The van der Waals surface area contributed by atoms with E-state index in [0.717, 1.165) is 50.7 Å². The van der Waals surface area contributed by atoms with Crippen molar-refractivity contribution < 1.29 is 22.7 Å². The van der Waals surface area contributed by atoms with Crippen molar-refractivity contribution in [1.29, 1.82) is 0 Å². The monoisotopic (exact) mass is 533 g/mol. The molecule has 1 aromatic carbocycles. The molecule has 0 N–H and O–H groups in total. The Balaban J connectivity index is 1.33. The van der Waals surface area contributed by atoms with Gasteiger partial charge in [0, 0.05) is 39.6 Å². The Morgan fingerprint density at radius 3 is 2.41 bits per heavy atom. The third-order valence-electron chi connectivity index (χ3n) is 8.64. The quantitative estimate of drug-likeness (QED) is 0.595. The minimum Gasteiger partial charge on any atom is -0.491 e. The van der Waals surface area contributed by atoms with Crippen LogP contribution in [0, 0.1) is 11.3 Å². The molecule has 1 spiro atoms. The highest BCUT2D eigenvalue weighted by Gasteiger charge is 2.43. The molecule has 2 amide bonds. The van der Waals surface area contributed by atoms with Gasteiger partial charge < -0.3 is 14.5 Å². The number of carbonyl (C=O) groups excluding carboxylic acids is 2. The first-order chi connectivity index (χ1) is 17.7. The number of piperidine rings is 2. The van der Waals surface area contributed by atoms with Gasteiger partial charge in [0.25, 0.3) is 0 Å². The van der Waals surface area contributed by atoms with Gasteiger partial charge in [-0.25, -0.2) is 12.7 Å². The summed E-state index contributed by atoms with van der Waals surface area (Å²) in [6.07, 6.45) is 9.58. The fourth-order valence-electron chi connectivity index (χ4n) is 6.18. The SMILES string of the molecule is CN1CCOc2ccccc2CCCCCC2(CCN(C(=O)CC3CCN(S(C)(=O)=O)CC3)CC2)C1=O. The Bertz CT molecular complexity index is 1040. The molecule has 1 aromatic rings. The molecule has 0 aromatic heterocycles. The van der Waals surface area contributed by atoms with E-state index < -0.39 is 15.4 Å². The Labute approximate surface area is 222 Å². The highest BCUT2D eigenvalue weighted by Crippen LogP contribution is 2.39. The standard InChI is InChI=1S/C28H43N3O5S/c1-29-20-21-36-25-10-6-5-9-24(25)8-4-3-7-13-28(27(29)33)14-18-30(19-15-28)26(32)22-23-11-16-31(17-12-23)37(2,34)35/h5-6,9-10,23H,3-4,7-8,11-22H2,1-2H3. The number of aryl methyl sites for hydroxylation is 1. The van der Waals surface area contributed by atoms with E-state index in [-0.39, 0.29) is 17.7 Å². The van der Waals surface area contributed by atoms with E-state index >= 15 is 0 Å². The summed E-state index contributed by atoms with van der Waals surface area (Å²) in [6, 6.07) is 8.19. The topological polar surface area (TPSA) is 87.2 Å². The van der Waals surface area contributed by atoms with E-state index in [0.29, 0.717) is 58.6 Å². The summed E-state index contributed by atoms with van der Waals surface area (Å²) >= 11 is 0. The van der Waals surface area contributed by atoms with Crippen molar-refractivity contribution in [3.8, 4) is 5.75 Å². The van der Waals surface area contributed by atoms with Crippen LogP contribution >= 0.6 is 0 Å². The Morgan fingerprint density at radius 1 is 1.00 bits per heavy atom. The number of hydrogen-bond acceptors (Lipinski definition) is 5. The molecule has 8 nitrogen and oxygen atoms in total. The first kappa shape index (κ1) is 27.9. The van der Waals surface area contributed by atoms with Crippen LogP contribution in [-0.2, 0) is 26.0 Å². The molecule has 0 bridgehead atoms. The van der Waals surface area contributed by atoms with Gasteiger partial charge in [-0.1, -0.05) is 31.0 Å². The van der Waals surface area contributed by atoms with Gasteiger partial charge in [-0.05, 0) is 62.5 Å². The van der Waals surface area contributed by atoms with Crippen molar-refractivity contribution in [1.82, 2.24) is 14.1 Å². The Morgan fingerprint density at radius 2 is 1.70 bits per heavy atom. The first-order valence-electron chi connectivity index (χ1n) is 13.9. The number of sulfonamides is 1. The van der Waals surface area contributed by atoms with Gasteiger partial charge in [0.05, 0.1) is 18.2 Å². The molecule has 3 aliphatic heterocycles. The smallest absolute Gasteiger partial charge is 0.228 e. The second kappa shape index (κ2) is 12.2. The highest BCUT2D eigenvalue weighted by molar-refractivity contribution is 7.88. The zero-order valence-electron chi connectivity index (χ0n) is 22.5. The predicted octanol–water partition coefficient (Wildman–Crippen LogP) is 3.31. The summed E-state index contributed by atoms with van der Waals surface area (Å²) in [7, 11) is -1.29. The first-order valence-corrected chi connectivity index (χ1v) is 15.7. The summed E-state index contributed by atoms with van der Waals surface area (Å²) in [6.45, 7) is 3.23. The molecule has 4 rings (SSSR count). The second-order valence-electron chi connectivity index (χ2n) is 11.2. The summed E-state index contributed by atoms with van der Waals surface area (Å²) in [5.41, 5.74) is 0.826. The number of nitrogens with zero attached hydrogens (tertiary/aromatic N) is 3. The van der Waals surface area contributed by atoms with Crippen LogP contribution in [0.3, 0.4) is 0 Å². The van der Waals surface area contributed by atoms with Crippen LogP contribution in [0.5, 0.6) is 5.75 Å². The number of amides is 2. The third-order valence-corrected chi connectivity index (χ3v) is 9.94. The van der Waals surface area contributed by atoms with Gasteiger partial charge in [-0.3, -0.25) is 9.59 Å². The molecule has 0 radical (unpaired) electrons. The molecule has 2 saturated heterocycles. The number of benzene rings is 1. The van der Waals surface area contributed by atoms with E-state index in [2.05, 4.69) is 12.1 Å². The maximum absolute atomic E-state index is 13.7. The lowest BCUT2D eigenvalue weighted by Crippen LogP contribution is -2.51. The van der Waals surface area contributed by atoms with Crippen molar-refractivity contribution >= 4 is 21.8 Å². The number of ether oxygens (including phenoxy) is 1. The molecular weight excluding hydrogens is 490 g/mol. The van der Waals surface area contributed by atoms with Crippen LogP contribution < -0.4 is 4.74 Å². The third kappa shape index (κ3) is 7.05. The van der Waals surface area contributed by atoms with Crippen LogP contribution in [0.1, 0.15) is 63.4 Å². The summed E-state index contributed by atoms with van der Waals surface area (Å²) < 4.78 is 31.1.